The van der Waals surface area contributed by atoms with Crippen LogP contribution in [-0.4, -0.2) is 15.8 Å². The first-order valence-corrected chi connectivity index (χ1v) is 13.6. The third kappa shape index (κ3) is 6.09. The third-order valence-corrected chi connectivity index (χ3v) is 7.15. The average molecular weight is 603 g/mol. The molecule has 0 N–H and O–H groups in total. The van der Waals surface area contributed by atoms with E-state index in [1.54, 1.807) is 60.7 Å². The third-order valence-electron chi connectivity index (χ3n) is 7.15. The SMILES string of the molecule is O=C(OCc1ccc([N+](=O)[O-])cc1)c1ccccc1-c1c2ccc(=O)cc-2oc2cc(OCc3ccc([N+](=O)[O-])cc3)ccc12. The molecule has 0 saturated heterocycles. The largest absolute Gasteiger partial charge is 0.489 e. The molecule has 222 valence electrons. The monoisotopic (exact) mass is 602 g/mol. The van der Waals surface area contributed by atoms with Crippen molar-refractivity contribution in [2.75, 3.05) is 0 Å². The lowest BCUT2D eigenvalue weighted by molar-refractivity contribution is -0.385. The molecule has 0 radical (unpaired) electrons. The number of benzene rings is 5. The average Bonchev–Trinajstić information content (AvgIpc) is 3.05. The minimum Gasteiger partial charge on any atom is -0.489 e. The second-order valence-electron chi connectivity index (χ2n) is 10.1. The summed E-state index contributed by atoms with van der Waals surface area (Å²) in [6.07, 6.45) is 0. The summed E-state index contributed by atoms with van der Waals surface area (Å²) >= 11 is 0. The molecular formula is C34H22N2O9. The standard InChI is InChI=1S/C34H22N2O9/c37-25-13-15-29-31(17-25)45-32-18-26(43-19-21-5-9-23(10-6-21)35(39)40)14-16-30(32)33(29)27-3-1-2-4-28(27)34(38)44-20-22-7-11-24(12-8-22)36(41)42/h1-18H,19-20H2. The molecular weight excluding hydrogens is 580 g/mol. The van der Waals surface area contributed by atoms with Gasteiger partial charge < -0.3 is 13.9 Å². The lowest BCUT2D eigenvalue weighted by Gasteiger charge is -2.18. The second-order valence-corrected chi connectivity index (χ2v) is 10.1. The smallest absolute Gasteiger partial charge is 0.339 e. The highest BCUT2D eigenvalue weighted by molar-refractivity contribution is 6.07. The highest BCUT2D eigenvalue weighted by Gasteiger charge is 2.23. The quantitative estimate of drug-likeness (QED) is 0.0717. The Bertz CT molecular complexity index is 2100. The van der Waals surface area contributed by atoms with Gasteiger partial charge in [-0.2, -0.15) is 0 Å². The van der Waals surface area contributed by atoms with Gasteiger partial charge in [-0.1, -0.05) is 18.2 Å². The van der Waals surface area contributed by atoms with Crippen LogP contribution >= 0.6 is 0 Å². The second kappa shape index (κ2) is 12.1. The van der Waals surface area contributed by atoms with Gasteiger partial charge in [0.25, 0.3) is 11.4 Å². The zero-order valence-corrected chi connectivity index (χ0v) is 23.4. The number of ether oxygens (including phenoxy) is 2. The Hall–Kier alpha value is -6.36. The number of nitro groups is 2. The molecule has 0 spiro atoms. The van der Waals surface area contributed by atoms with E-state index >= 15 is 0 Å². The Morgan fingerprint density at radius 3 is 2.02 bits per heavy atom. The Balaban J connectivity index is 1.34. The predicted octanol–water partition coefficient (Wildman–Crippen LogP) is 7.32. The van der Waals surface area contributed by atoms with Crippen molar-refractivity contribution in [3.8, 4) is 28.2 Å². The van der Waals surface area contributed by atoms with Crippen molar-refractivity contribution in [1.29, 1.82) is 0 Å². The van der Waals surface area contributed by atoms with Crippen LogP contribution < -0.4 is 10.2 Å². The van der Waals surface area contributed by atoms with Gasteiger partial charge in [-0.3, -0.25) is 25.0 Å². The Morgan fingerprint density at radius 2 is 1.36 bits per heavy atom. The molecule has 0 bridgehead atoms. The number of carbonyl (C=O) groups excluding carboxylic acids is 1. The Morgan fingerprint density at radius 1 is 0.711 bits per heavy atom. The fraction of sp³-hybridized carbons (Fsp3) is 0.0588. The van der Waals surface area contributed by atoms with E-state index in [4.69, 9.17) is 13.9 Å². The summed E-state index contributed by atoms with van der Waals surface area (Å²) in [4.78, 5) is 46.6. The molecule has 0 atom stereocenters. The number of esters is 1. The molecule has 0 fully saturated rings. The van der Waals surface area contributed by atoms with E-state index in [-0.39, 0.29) is 35.6 Å². The molecule has 2 aliphatic rings. The van der Waals surface area contributed by atoms with E-state index in [9.17, 15) is 29.8 Å². The van der Waals surface area contributed by atoms with Gasteiger partial charge in [0.15, 0.2) is 5.43 Å². The lowest BCUT2D eigenvalue weighted by Crippen LogP contribution is -2.08. The molecule has 1 heterocycles. The number of hydrogen-bond donors (Lipinski definition) is 0. The first-order valence-electron chi connectivity index (χ1n) is 13.6. The molecule has 6 rings (SSSR count). The number of rotatable bonds is 9. The topological polar surface area (TPSA) is 152 Å². The molecule has 11 heteroatoms. The van der Waals surface area contributed by atoms with Gasteiger partial charge in [0.1, 0.15) is 30.3 Å². The summed E-state index contributed by atoms with van der Waals surface area (Å²) in [6.45, 7) is 0.0594. The summed E-state index contributed by atoms with van der Waals surface area (Å²) in [5, 5.41) is 22.5. The van der Waals surface area contributed by atoms with Gasteiger partial charge in [-0.15, -0.1) is 0 Å². The number of hydrogen-bond acceptors (Lipinski definition) is 9. The highest BCUT2D eigenvalue weighted by Crippen LogP contribution is 2.42. The van der Waals surface area contributed by atoms with Crippen LogP contribution in [0.3, 0.4) is 0 Å². The molecule has 4 aromatic carbocycles. The first kappa shape index (κ1) is 28.7. The van der Waals surface area contributed by atoms with E-state index in [1.165, 1.54) is 48.5 Å². The van der Waals surface area contributed by atoms with Gasteiger partial charge in [-0.05, 0) is 71.3 Å². The van der Waals surface area contributed by atoms with E-state index in [0.717, 1.165) is 5.56 Å². The molecule has 4 aromatic rings. The molecule has 45 heavy (non-hydrogen) atoms. The van der Waals surface area contributed by atoms with Crippen molar-refractivity contribution in [3.63, 3.8) is 0 Å². The molecule has 0 aromatic heterocycles. The van der Waals surface area contributed by atoms with Crippen molar-refractivity contribution in [1.82, 2.24) is 0 Å². The van der Waals surface area contributed by atoms with Crippen molar-refractivity contribution < 1.29 is 28.5 Å². The number of nitrogens with zero attached hydrogens (tertiary/aromatic N) is 2. The molecule has 1 aliphatic heterocycles. The van der Waals surface area contributed by atoms with Gasteiger partial charge >= 0.3 is 5.97 Å². The first-order chi connectivity index (χ1) is 21.8. The molecule has 11 nitrogen and oxygen atoms in total. The zero-order chi connectivity index (χ0) is 31.5. The zero-order valence-electron chi connectivity index (χ0n) is 23.4. The van der Waals surface area contributed by atoms with Gasteiger partial charge in [-0.25, -0.2) is 4.79 Å². The fourth-order valence-electron chi connectivity index (χ4n) is 4.93. The highest BCUT2D eigenvalue weighted by atomic mass is 16.6. The molecule has 0 saturated carbocycles. The van der Waals surface area contributed by atoms with Crippen LogP contribution in [0.25, 0.3) is 33.4 Å². The summed E-state index contributed by atoms with van der Waals surface area (Å²) in [5.74, 6) is 0.171. The van der Waals surface area contributed by atoms with Crippen molar-refractivity contribution >= 4 is 28.3 Å². The van der Waals surface area contributed by atoms with Gasteiger partial charge in [0, 0.05) is 52.9 Å². The lowest BCUT2D eigenvalue weighted by atomic mass is 9.91. The fourth-order valence-corrected chi connectivity index (χ4v) is 4.93. The molecule has 0 amide bonds. The van der Waals surface area contributed by atoms with Crippen LogP contribution in [0.1, 0.15) is 21.5 Å². The van der Waals surface area contributed by atoms with E-state index in [0.29, 0.717) is 44.7 Å². The number of carbonyl (C=O) groups is 1. The van der Waals surface area contributed by atoms with Crippen LogP contribution in [0.2, 0.25) is 0 Å². The van der Waals surface area contributed by atoms with Crippen molar-refractivity contribution in [3.05, 3.63) is 156 Å². The maximum absolute atomic E-state index is 13.4. The molecule has 1 aliphatic carbocycles. The number of non-ortho nitro benzene ring substituents is 2. The maximum atomic E-state index is 13.4. The summed E-state index contributed by atoms with van der Waals surface area (Å²) in [7, 11) is 0. The number of fused-ring (bicyclic) bond motifs is 2. The Labute approximate surface area is 254 Å². The van der Waals surface area contributed by atoms with Crippen LogP contribution in [0.5, 0.6) is 5.75 Å². The summed E-state index contributed by atoms with van der Waals surface area (Å²) < 4.78 is 17.7. The summed E-state index contributed by atoms with van der Waals surface area (Å²) in [5.41, 5.74) is 3.47. The minimum absolute atomic E-state index is 0.0177. The number of nitro benzene ring substituents is 2. The van der Waals surface area contributed by atoms with Crippen LogP contribution in [0.15, 0.2) is 118 Å². The van der Waals surface area contributed by atoms with Gasteiger partial charge in [0.05, 0.1) is 15.4 Å². The van der Waals surface area contributed by atoms with Gasteiger partial charge in [0.2, 0.25) is 0 Å². The van der Waals surface area contributed by atoms with Crippen molar-refractivity contribution in [2.24, 2.45) is 0 Å². The normalized spacial score (nSPS) is 10.9. The molecule has 0 unspecified atom stereocenters. The van der Waals surface area contributed by atoms with E-state index < -0.39 is 15.8 Å². The van der Waals surface area contributed by atoms with Crippen molar-refractivity contribution in [2.45, 2.75) is 13.2 Å². The van der Waals surface area contributed by atoms with E-state index in [1.807, 2.05) is 0 Å². The van der Waals surface area contributed by atoms with Crippen LogP contribution in [-0.2, 0) is 18.0 Å². The van der Waals surface area contributed by atoms with E-state index in [2.05, 4.69) is 0 Å². The Kier molecular flexibility index (Phi) is 7.73. The van der Waals surface area contributed by atoms with Crippen LogP contribution in [0.4, 0.5) is 11.4 Å². The van der Waals surface area contributed by atoms with Crippen LogP contribution in [0, 0.1) is 20.2 Å². The minimum atomic E-state index is -0.602. The summed E-state index contributed by atoms with van der Waals surface area (Å²) in [6, 6.07) is 28.4. The predicted molar refractivity (Wildman–Crippen MR) is 164 cm³/mol. The maximum Gasteiger partial charge on any atom is 0.339 e.